The number of nitrogens with zero attached hydrogens (tertiary/aromatic N) is 2. The van der Waals surface area contributed by atoms with Gasteiger partial charge in [-0.2, -0.15) is 10.4 Å². The molecule has 86 valence electrons. The Balaban J connectivity index is 2.52. The number of fused-ring (bicyclic) bond motifs is 1. The first-order valence-corrected chi connectivity index (χ1v) is 5.27. The van der Waals surface area contributed by atoms with Gasteiger partial charge in [0.05, 0.1) is 17.1 Å². The highest BCUT2D eigenvalue weighted by atomic mass is 19.1. The van der Waals surface area contributed by atoms with Crippen molar-refractivity contribution in [1.29, 1.82) is 5.26 Å². The van der Waals surface area contributed by atoms with Gasteiger partial charge in [-0.05, 0) is 18.9 Å². The summed E-state index contributed by atoms with van der Waals surface area (Å²) >= 11 is 0. The van der Waals surface area contributed by atoms with E-state index in [2.05, 4.69) is 10.2 Å². The number of hydrogen-bond donors (Lipinski definition) is 1. The molecule has 1 aromatic heterocycles. The largest absolute Gasteiger partial charge is 0.275 e. The molecular formula is C12H10FN3O. The number of aryl methyl sites for hydroxylation is 1. The molecule has 2 rings (SSSR count). The first kappa shape index (κ1) is 11.3. The smallest absolute Gasteiger partial charge is 0.267 e. The Morgan fingerprint density at radius 1 is 1.47 bits per heavy atom. The summed E-state index contributed by atoms with van der Waals surface area (Å²) in [5.74, 6) is -0.548. The van der Waals surface area contributed by atoms with Crippen molar-refractivity contribution in [2.24, 2.45) is 0 Å². The molecule has 1 N–H and O–H groups in total. The summed E-state index contributed by atoms with van der Waals surface area (Å²) in [6, 6.07) is 6.50. The van der Waals surface area contributed by atoms with Crippen molar-refractivity contribution in [3.05, 3.63) is 40.1 Å². The van der Waals surface area contributed by atoms with Gasteiger partial charge in [0.2, 0.25) is 0 Å². The van der Waals surface area contributed by atoms with E-state index in [4.69, 9.17) is 5.26 Å². The Kier molecular flexibility index (Phi) is 3.15. The molecule has 0 saturated heterocycles. The first-order valence-electron chi connectivity index (χ1n) is 5.27. The fraction of sp³-hybridized carbons (Fsp3) is 0.250. The Hall–Kier alpha value is -2.22. The van der Waals surface area contributed by atoms with Crippen LogP contribution in [0.2, 0.25) is 0 Å². The Labute approximate surface area is 96.7 Å². The summed E-state index contributed by atoms with van der Waals surface area (Å²) in [6.45, 7) is 0. The second-order valence-electron chi connectivity index (χ2n) is 3.67. The normalized spacial score (nSPS) is 10.4. The van der Waals surface area contributed by atoms with Crippen molar-refractivity contribution < 1.29 is 4.39 Å². The zero-order valence-corrected chi connectivity index (χ0v) is 9.03. The van der Waals surface area contributed by atoms with Crippen molar-refractivity contribution in [3.8, 4) is 6.07 Å². The van der Waals surface area contributed by atoms with E-state index in [0.29, 0.717) is 30.3 Å². The third-order valence-electron chi connectivity index (χ3n) is 2.55. The minimum Gasteiger partial charge on any atom is -0.267 e. The SMILES string of the molecule is N#CCCCc1n[nH]c(=O)c2c(F)cccc12. The number of nitrogens with one attached hydrogen (secondary N) is 1. The summed E-state index contributed by atoms with van der Waals surface area (Å²) in [7, 11) is 0. The molecule has 0 unspecified atom stereocenters. The molecule has 0 aliphatic heterocycles. The molecule has 0 aliphatic rings. The van der Waals surface area contributed by atoms with Crippen LogP contribution in [0.1, 0.15) is 18.5 Å². The first-order chi connectivity index (χ1) is 8.24. The number of hydrogen-bond acceptors (Lipinski definition) is 3. The summed E-state index contributed by atoms with van der Waals surface area (Å²) < 4.78 is 13.5. The van der Waals surface area contributed by atoms with Gasteiger partial charge in [0.15, 0.2) is 0 Å². The minimum atomic E-state index is -0.548. The lowest BCUT2D eigenvalue weighted by Gasteiger charge is -2.03. The van der Waals surface area contributed by atoms with Gasteiger partial charge < -0.3 is 0 Å². The molecule has 0 aliphatic carbocycles. The lowest BCUT2D eigenvalue weighted by atomic mass is 10.1. The molecule has 2 aromatic rings. The van der Waals surface area contributed by atoms with Crippen molar-refractivity contribution in [1.82, 2.24) is 10.2 Å². The summed E-state index contributed by atoms with van der Waals surface area (Å²) in [5.41, 5.74) is 0.0940. The average molecular weight is 231 g/mol. The van der Waals surface area contributed by atoms with E-state index < -0.39 is 11.4 Å². The zero-order valence-electron chi connectivity index (χ0n) is 9.03. The fourth-order valence-corrected chi connectivity index (χ4v) is 1.76. The van der Waals surface area contributed by atoms with Crippen molar-refractivity contribution in [2.75, 3.05) is 0 Å². The van der Waals surface area contributed by atoms with E-state index in [9.17, 15) is 9.18 Å². The van der Waals surface area contributed by atoms with E-state index in [1.807, 2.05) is 6.07 Å². The molecule has 0 fully saturated rings. The van der Waals surface area contributed by atoms with E-state index in [-0.39, 0.29) is 5.39 Å². The van der Waals surface area contributed by atoms with Crippen LogP contribution >= 0.6 is 0 Å². The maximum absolute atomic E-state index is 13.5. The monoisotopic (exact) mass is 231 g/mol. The number of unbranched alkanes of at least 4 members (excludes halogenated alkanes) is 1. The minimum absolute atomic E-state index is 0.0365. The molecule has 4 nitrogen and oxygen atoms in total. The third kappa shape index (κ3) is 2.16. The predicted octanol–water partition coefficient (Wildman–Crippen LogP) is 1.91. The van der Waals surface area contributed by atoms with Gasteiger partial charge >= 0.3 is 0 Å². The van der Waals surface area contributed by atoms with Gasteiger partial charge in [-0.3, -0.25) is 4.79 Å². The molecule has 0 bridgehead atoms. The molecule has 0 spiro atoms. The quantitative estimate of drug-likeness (QED) is 0.820. The topological polar surface area (TPSA) is 69.5 Å². The summed E-state index contributed by atoms with van der Waals surface area (Å²) in [4.78, 5) is 11.5. The molecule has 1 aromatic carbocycles. The standard InChI is InChI=1S/C12H10FN3O/c13-9-5-3-4-8-10(6-1-2-7-14)15-16-12(17)11(8)9/h3-5H,1-2,6H2,(H,16,17). The van der Waals surface area contributed by atoms with Crippen LogP contribution in [-0.4, -0.2) is 10.2 Å². The number of H-pyrrole nitrogens is 1. The van der Waals surface area contributed by atoms with Crippen molar-refractivity contribution >= 4 is 10.8 Å². The fourth-order valence-electron chi connectivity index (χ4n) is 1.76. The Morgan fingerprint density at radius 2 is 2.29 bits per heavy atom. The highest BCUT2D eigenvalue weighted by molar-refractivity contribution is 5.83. The van der Waals surface area contributed by atoms with Crippen LogP contribution in [0, 0.1) is 17.1 Å². The van der Waals surface area contributed by atoms with Gasteiger partial charge in [-0.15, -0.1) is 0 Å². The molecule has 0 radical (unpaired) electrons. The van der Waals surface area contributed by atoms with Crippen LogP contribution in [0.15, 0.2) is 23.0 Å². The van der Waals surface area contributed by atoms with Crippen LogP contribution in [-0.2, 0) is 6.42 Å². The predicted molar refractivity (Wildman–Crippen MR) is 60.9 cm³/mol. The van der Waals surface area contributed by atoms with E-state index >= 15 is 0 Å². The average Bonchev–Trinajstić information content (AvgIpc) is 2.32. The number of nitriles is 1. The lowest BCUT2D eigenvalue weighted by molar-refractivity contribution is 0.637. The van der Waals surface area contributed by atoms with Crippen LogP contribution in [0.25, 0.3) is 10.8 Å². The Morgan fingerprint density at radius 3 is 3.06 bits per heavy atom. The zero-order chi connectivity index (χ0) is 12.3. The molecule has 0 saturated carbocycles. The maximum atomic E-state index is 13.5. The van der Waals surface area contributed by atoms with Gasteiger partial charge in [-0.25, -0.2) is 9.49 Å². The van der Waals surface area contributed by atoms with Crippen molar-refractivity contribution in [3.63, 3.8) is 0 Å². The van der Waals surface area contributed by atoms with Crippen molar-refractivity contribution in [2.45, 2.75) is 19.3 Å². The van der Waals surface area contributed by atoms with Gasteiger partial charge in [0.1, 0.15) is 5.82 Å². The van der Waals surface area contributed by atoms with Crippen LogP contribution in [0.5, 0.6) is 0 Å². The maximum Gasteiger partial charge on any atom is 0.275 e. The number of rotatable bonds is 3. The third-order valence-corrected chi connectivity index (χ3v) is 2.55. The molecule has 0 atom stereocenters. The molecule has 17 heavy (non-hydrogen) atoms. The molecule has 1 heterocycles. The summed E-state index contributed by atoms with van der Waals surface area (Å²) in [6.07, 6.45) is 1.60. The van der Waals surface area contributed by atoms with E-state index in [1.54, 1.807) is 12.1 Å². The second kappa shape index (κ2) is 4.74. The number of aromatic nitrogens is 2. The molecule has 5 heteroatoms. The second-order valence-corrected chi connectivity index (χ2v) is 3.67. The van der Waals surface area contributed by atoms with Gasteiger partial charge in [0, 0.05) is 11.8 Å². The van der Waals surface area contributed by atoms with Crippen LogP contribution < -0.4 is 5.56 Å². The summed E-state index contributed by atoms with van der Waals surface area (Å²) in [5, 5.41) is 15.2. The van der Waals surface area contributed by atoms with E-state index in [1.165, 1.54) is 6.07 Å². The highest BCUT2D eigenvalue weighted by Gasteiger charge is 2.09. The highest BCUT2D eigenvalue weighted by Crippen LogP contribution is 2.17. The lowest BCUT2D eigenvalue weighted by Crippen LogP contribution is -2.12. The van der Waals surface area contributed by atoms with Gasteiger partial charge in [0.25, 0.3) is 5.56 Å². The van der Waals surface area contributed by atoms with Crippen LogP contribution in [0.4, 0.5) is 4.39 Å². The molecular weight excluding hydrogens is 221 g/mol. The number of halogens is 1. The molecule has 0 amide bonds. The Bertz CT molecular complexity index is 642. The van der Waals surface area contributed by atoms with Crippen LogP contribution in [0.3, 0.4) is 0 Å². The number of benzene rings is 1. The van der Waals surface area contributed by atoms with Gasteiger partial charge in [-0.1, -0.05) is 12.1 Å². The number of aromatic amines is 1. The van der Waals surface area contributed by atoms with E-state index in [0.717, 1.165) is 0 Å².